The number of hydrogen-bond acceptors (Lipinski definition) is 5. The number of nitrogens with two attached hydrogens (primary N) is 1. The molecule has 0 saturated carbocycles. The minimum atomic E-state index is -0.146. The van der Waals surface area contributed by atoms with Crippen LogP contribution < -0.4 is 20.7 Å². The van der Waals surface area contributed by atoms with Crippen molar-refractivity contribution in [2.45, 2.75) is 6.04 Å². The number of thiophene rings is 1. The van der Waals surface area contributed by atoms with E-state index in [1.807, 2.05) is 29.6 Å². The molecule has 1 heterocycles. The summed E-state index contributed by atoms with van der Waals surface area (Å²) in [6.07, 6.45) is 0. The van der Waals surface area contributed by atoms with E-state index in [1.54, 1.807) is 25.6 Å². The number of hydrogen-bond donors (Lipinski definition) is 2. The van der Waals surface area contributed by atoms with Crippen molar-refractivity contribution < 1.29 is 9.47 Å². The molecule has 1 unspecified atom stereocenters. The molecule has 2 aromatic rings. The average molecular weight is 343 g/mol. The molecule has 0 saturated heterocycles. The fraction of sp³-hybridized carbons (Fsp3) is 0.231. The Morgan fingerprint density at radius 3 is 2.58 bits per heavy atom. The summed E-state index contributed by atoms with van der Waals surface area (Å²) in [5.74, 6) is 7.24. The summed E-state index contributed by atoms with van der Waals surface area (Å²) in [6.45, 7) is 0. The molecule has 1 atom stereocenters. The van der Waals surface area contributed by atoms with E-state index in [1.165, 1.54) is 0 Å². The Morgan fingerprint density at radius 2 is 2.05 bits per heavy atom. The van der Waals surface area contributed by atoms with Crippen molar-refractivity contribution >= 4 is 27.3 Å². The minimum Gasteiger partial charge on any atom is -0.497 e. The lowest BCUT2D eigenvalue weighted by Crippen LogP contribution is -2.28. The van der Waals surface area contributed by atoms with Crippen LogP contribution in [0.25, 0.3) is 0 Å². The quantitative estimate of drug-likeness (QED) is 0.647. The van der Waals surface area contributed by atoms with Gasteiger partial charge in [-0.1, -0.05) is 0 Å². The van der Waals surface area contributed by atoms with Gasteiger partial charge in [-0.3, -0.25) is 5.84 Å². The van der Waals surface area contributed by atoms with E-state index in [0.717, 1.165) is 26.4 Å². The summed E-state index contributed by atoms with van der Waals surface area (Å²) in [5.41, 5.74) is 4.84. The van der Waals surface area contributed by atoms with E-state index in [2.05, 4.69) is 21.4 Å². The smallest absolute Gasteiger partial charge is 0.124 e. The van der Waals surface area contributed by atoms with Gasteiger partial charge in [0.1, 0.15) is 11.5 Å². The zero-order valence-corrected chi connectivity index (χ0v) is 13.0. The van der Waals surface area contributed by atoms with Crippen LogP contribution >= 0.6 is 27.3 Å². The summed E-state index contributed by atoms with van der Waals surface area (Å²) in [5, 5.41) is 2.05. The topological polar surface area (TPSA) is 56.5 Å². The van der Waals surface area contributed by atoms with Gasteiger partial charge in [-0.25, -0.2) is 5.43 Å². The lowest BCUT2D eigenvalue weighted by atomic mass is 10.0. The molecule has 0 amide bonds. The van der Waals surface area contributed by atoms with Crippen LogP contribution in [0.4, 0.5) is 0 Å². The van der Waals surface area contributed by atoms with Crippen LogP contribution in [0.5, 0.6) is 11.5 Å². The van der Waals surface area contributed by atoms with Gasteiger partial charge in [0.2, 0.25) is 0 Å². The zero-order chi connectivity index (χ0) is 13.8. The molecule has 2 rings (SSSR count). The van der Waals surface area contributed by atoms with Gasteiger partial charge in [0.05, 0.1) is 24.0 Å². The van der Waals surface area contributed by atoms with Crippen molar-refractivity contribution in [3.63, 3.8) is 0 Å². The molecular weight excluding hydrogens is 328 g/mol. The Labute approximate surface area is 124 Å². The lowest BCUT2D eigenvalue weighted by molar-refractivity contribution is 0.394. The van der Waals surface area contributed by atoms with Crippen molar-refractivity contribution in [3.05, 3.63) is 44.6 Å². The van der Waals surface area contributed by atoms with E-state index in [9.17, 15) is 0 Å². The largest absolute Gasteiger partial charge is 0.497 e. The minimum absolute atomic E-state index is 0.146. The maximum atomic E-state index is 5.70. The highest BCUT2D eigenvalue weighted by atomic mass is 79.9. The van der Waals surface area contributed by atoms with Gasteiger partial charge >= 0.3 is 0 Å². The third-order valence-corrected chi connectivity index (χ3v) is 4.36. The summed E-state index contributed by atoms with van der Waals surface area (Å²) in [7, 11) is 3.28. The lowest BCUT2D eigenvalue weighted by Gasteiger charge is -2.19. The van der Waals surface area contributed by atoms with Crippen LogP contribution in [0, 0.1) is 0 Å². The Bertz CT molecular complexity index is 559. The molecule has 4 nitrogen and oxygen atoms in total. The molecule has 1 aromatic carbocycles. The van der Waals surface area contributed by atoms with Crippen molar-refractivity contribution in [2.75, 3.05) is 14.2 Å². The number of nitrogens with one attached hydrogen (secondary N) is 1. The fourth-order valence-electron chi connectivity index (χ4n) is 1.91. The Hall–Kier alpha value is -1.08. The van der Waals surface area contributed by atoms with Crippen LogP contribution in [0.2, 0.25) is 0 Å². The summed E-state index contributed by atoms with van der Waals surface area (Å²) in [6, 6.07) is 7.55. The van der Waals surface area contributed by atoms with E-state index in [0.29, 0.717) is 0 Å². The zero-order valence-electron chi connectivity index (χ0n) is 10.6. The number of halogens is 1. The highest BCUT2D eigenvalue weighted by molar-refractivity contribution is 9.11. The summed E-state index contributed by atoms with van der Waals surface area (Å²) in [4.78, 5) is 0. The maximum Gasteiger partial charge on any atom is 0.124 e. The molecular formula is C13H15BrN2O2S. The second kappa shape index (κ2) is 6.38. The molecule has 0 aliphatic rings. The third kappa shape index (κ3) is 3.09. The summed E-state index contributed by atoms with van der Waals surface area (Å²) < 4.78 is 11.7. The first-order valence-electron chi connectivity index (χ1n) is 5.61. The van der Waals surface area contributed by atoms with Gasteiger partial charge in [0.15, 0.2) is 0 Å². The van der Waals surface area contributed by atoms with Gasteiger partial charge in [-0.05, 0) is 51.1 Å². The van der Waals surface area contributed by atoms with Crippen molar-refractivity contribution in [3.8, 4) is 11.5 Å². The van der Waals surface area contributed by atoms with Crippen LogP contribution in [0.1, 0.15) is 17.2 Å². The first-order valence-corrected chi connectivity index (χ1v) is 7.28. The summed E-state index contributed by atoms with van der Waals surface area (Å²) >= 11 is 5.08. The van der Waals surface area contributed by atoms with Gasteiger partial charge in [-0.15, -0.1) is 11.3 Å². The maximum absolute atomic E-state index is 5.70. The number of methoxy groups -OCH3 is 2. The second-order valence-corrected chi connectivity index (χ2v) is 6.18. The van der Waals surface area contributed by atoms with E-state index < -0.39 is 0 Å². The third-order valence-electron chi connectivity index (χ3n) is 2.84. The van der Waals surface area contributed by atoms with Gasteiger partial charge in [-0.2, -0.15) is 0 Å². The predicted molar refractivity (Wildman–Crippen MR) is 80.7 cm³/mol. The molecule has 19 heavy (non-hydrogen) atoms. The number of rotatable bonds is 5. The van der Waals surface area contributed by atoms with Crippen LogP contribution in [-0.2, 0) is 0 Å². The van der Waals surface area contributed by atoms with Gasteiger partial charge in [0.25, 0.3) is 0 Å². The Balaban J connectivity index is 2.47. The van der Waals surface area contributed by atoms with Crippen LogP contribution in [0.3, 0.4) is 0 Å². The molecule has 0 aliphatic heterocycles. The first-order chi connectivity index (χ1) is 9.19. The fourth-order valence-corrected chi connectivity index (χ4v) is 3.11. The van der Waals surface area contributed by atoms with Crippen molar-refractivity contribution in [1.29, 1.82) is 0 Å². The first kappa shape index (κ1) is 14.3. The SMILES string of the molecule is COc1ccc(OC)c(C(NN)c2csc(Br)c2)c1. The number of hydrazine groups is 1. The highest BCUT2D eigenvalue weighted by Crippen LogP contribution is 2.35. The normalized spacial score (nSPS) is 12.2. The molecule has 1 aromatic heterocycles. The van der Waals surface area contributed by atoms with E-state index >= 15 is 0 Å². The van der Waals surface area contributed by atoms with Crippen LogP contribution in [0.15, 0.2) is 33.4 Å². The van der Waals surface area contributed by atoms with E-state index in [-0.39, 0.29) is 6.04 Å². The molecule has 0 spiro atoms. The molecule has 0 radical (unpaired) electrons. The molecule has 0 aliphatic carbocycles. The van der Waals surface area contributed by atoms with Gasteiger partial charge in [0, 0.05) is 5.56 Å². The number of ether oxygens (including phenoxy) is 2. The number of benzene rings is 1. The molecule has 6 heteroatoms. The molecule has 0 fully saturated rings. The molecule has 102 valence electrons. The standard InChI is InChI=1S/C13H15BrN2O2S/c1-17-9-3-4-11(18-2)10(6-9)13(16-15)8-5-12(14)19-7-8/h3-7,13,16H,15H2,1-2H3. The van der Waals surface area contributed by atoms with Crippen molar-refractivity contribution in [1.82, 2.24) is 5.43 Å². The highest BCUT2D eigenvalue weighted by Gasteiger charge is 2.19. The monoisotopic (exact) mass is 342 g/mol. The van der Waals surface area contributed by atoms with Crippen LogP contribution in [-0.4, -0.2) is 14.2 Å². The predicted octanol–water partition coefficient (Wildman–Crippen LogP) is 3.08. The second-order valence-electron chi connectivity index (χ2n) is 3.89. The van der Waals surface area contributed by atoms with Crippen molar-refractivity contribution in [2.24, 2.45) is 5.84 Å². The molecule has 0 bridgehead atoms. The average Bonchev–Trinajstić information content (AvgIpc) is 2.86. The Morgan fingerprint density at radius 1 is 1.26 bits per heavy atom. The Kier molecular flexibility index (Phi) is 4.81. The van der Waals surface area contributed by atoms with Gasteiger partial charge < -0.3 is 9.47 Å². The molecule has 3 N–H and O–H groups in total. The van der Waals surface area contributed by atoms with E-state index in [4.69, 9.17) is 15.3 Å².